The predicted molar refractivity (Wildman–Crippen MR) is 142 cm³/mol. The Kier molecular flexibility index (Phi) is 8.76. The fourth-order valence-corrected chi connectivity index (χ4v) is 5.30. The molecule has 1 heterocycles. The second kappa shape index (κ2) is 11.6. The summed E-state index contributed by atoms with van der Waals surface area (Å²) < 4.78 is 34.8. The SMILES string of the molecule is Cc1cc(OCc2ccc(C=CC(=O)O)cc2C)c(N(CC(C)C)S(=O)(=O)c2cccnc2)cc1Cl. The van der Waals surface area contributed by atoms with Gasteiger partial charge in [-0.15, -0.1) is 0 Å². The van der Waals surface area contributed by atoms with Gasteiger partial charge >= 0.3 is 5.97 Å². The molecule has 0 bridgehead atoms. The van der Waals surface area contributed by atoms with Crippen molar-refractivity contribution in [2.24, 2.45) is 5.92 Å². The van der Waals surface area contributed by atoms with Crippen molar-refractivity contribution in [1.82, 2.24) is 4.98 Å². The molecule has 9 heteroatoms. The van der Waals surface area contributed by atoms with Crippen LogP contribution in [0.3, 0.4) is 0 Å². The molecule has 1 N–H and O–H groups in total. The number of sulfonamides is 1. The van der Waals surface area contributed by atoms with E-state index >= 15 is 0 Å². The van der Waals surface area contributed by atoms with Gasteiger partial charge in [0.25, 0.3) is 10.0 Å². The molecule has 0 saturated heterocycles. The second-order valence-corrected chi connectivity index (χ2v) is 11.1. The molecule has 0 aliphatic rings. The molecule has 0 unspecified atom stereocenters. The number of carboxylic acid groups (broad SMARTS) is 1. The standard InChI is InChI=1S/C27H29ClN2O5S/c1-18(2)16-30(36(33,34)23-6-5-11-29-15-23)25-14-24(28)20(4)13-26(25)35-17-22-9-7-21(12-19(22)3)8-10-27(31)32/h5-15,18H,16-17H2,1-4H3,(H,31,32). The summed E-state index contributed by atoms with van der Waals surface area (Å²) in [5.74, 6) is -0.602. The summed E-state index contributed by atoms with van der Waals surface area (Å²) in [7, 11) is -3.93. The Bertz CT molecular complexity index is 1370. The van der Waals surface area contributed by atoms with Gasteiger partial charge in [0.05, 0.1) is 5.69 Å². The number of aryl methyl sites for hydroxylation is 2. The fraction of sp³-hybridized carbons (Fsp3) is 0.259. The van der Waals surface area contributed by atoms with Crippen molar-refractivity contribution in [3.63, 3.8) is 0 Å². The van der Waals surface area contributed by atoms with E-state index in [0.717, 1.165) is 28.3 Å². The number of aromatic nitrogens is 1. The number of hydrogen-bond acceptors (Lipinski definition) is 5. The summed E-state index contributed by atoms with van der Waals surface area (Å²) in [5, 5.41) is 9.27. The Labute approximate surface area is 217 Å². The molecule has 36 heavy (non-hydrogen) atoms. The minimum absolute atomic E-state index is 0.0259. The number of benzene rings is 2. The third kappa shape index (κ3) is 6.65. The van der Waals surface area contributed by atoms with Crippen LogP contribution in [0.15, 0.2) is 65.8 Å². The van der Waals surface area contributed by atoms with Crippen molar-refractivity contribution >= 4 is 39.4 Å². The van der Waals surface area contributed by atoms with Crippen LogP contribution in [0, 0.1) is 19.8 Å². The third-order valence-electron chi connectivity index (χ3n) is 5.43. The van der Waals surface area contributed by atoms with Gasteiger partial charge in [-0.1, -0.05) is 43.6 Å². The number of anilines is 1. The molecule has 3 rings (SSSR count). The second-order valence-electron chi connectivity index (χ2n) is 8.83. The van der Waals surface area contributed by atoms with Crippen LogP contribution < -0.4 is 9.04 Å². The number of nitrogens with zero attached hydrogens (tertiary/aromatic N) is 2. The van der Waals surface area contributed by atoms with Crippen LogP contribution in [-0.4, -0.2) is 31.0 Å². The summed E-state index contributed by atoms with van der Waals surface area (Å²) >= 11 is 6.44. The van der Waals surface area contributed by atoms with Crippen molar-refractivity contribution in [3.8, 4) is 5.75 Å². The molecule has 0 amide bonds. The summed E-state index contributed by atoms with van der Waals surface area (Å²) in [4.78, 5) is 14.8. The fourth-order valence-electron chi connectivity index (χ4n) is 3.55. The maximum absolute atomic E-state index is 13.6. The average Bonchev–Trinajstić information content (AvgIpc) is 2.83. The Balaban J connectivity index is 2.00. The van der Waals surface area contributed by atoms with Crippen LogP contribution in [0.2, 0.25) is 5.02 Å². The predicted octanol–water partition coefficient (Wildman–Crippen LogP) is 5.88. The quantitative estimate of drug-likeness (QED) is 0.330. The number of carboxylic acids is 1. The van der Waals surface area contributed by atoms with E-state index in [-0.39, 0.29) is 24.0 Å². The van der Waals surface area contributed by atoms with Crippen LogP contribution >= 0.6 is 11.6 Å². The number of carbonyl (C=O) groups is 1. The van der Waals surface area contributed by atoms with E-state index in [1.54, 1.807) is 24.3 Å². The van der Waals surface area contributed by atoms with Crippen LogP contribution in [-0.2, 0) is 21.4 Å². The normalized spacial score (nSPS) is 11.7. The van der Waals surface area contributed by atoms with E-state index in [2.05, 4.69) is 4.98 Å². The summed E-state index contributed by atoms with van der Waals surface area (Å²) in [6, 6.07) is 12.0. The Morgan fingerprint density at radius 1 is 1.17 bits per heavy atom. The topological polar surface area (TPSA) is 96.8 Å². The summed E-state index contributed by atoms with van der Waals surface area (Å²) in [5.41, 5.74) is 3.65. The van der Waals surface area contributed by atoms with Gasteiger partial charge < -0.3 is 9.84 Å². The first-order valence-electron chi connectivity index (χ1n) is 11.3. The highest BCUT2D eigenvalue weighted by atomic mass is 35.5. The average molecular weight is 529 g/mol. The molecular formula is C27H29ClN2O5S. The lowest BCUT2D eigenvalue weighted by Crippen LogP contribution is -2.34. The molecule has 3 aromatic rings. The van der Waals surface area contributed by atoms with Gasteiger partial charge in [-0.3, -0.25) is 9.29 Å². The van der Waals surface area contributed by atoms with Gasteiger partial charge in [0.15, 0.2) is 0 Å². The van der Waals surface area contributed by atoms with Gasteiger partial charge in [-0.25, -0.2) is 13.2 Å². The Hall–Kier alpha value is -3.36. The lowest BCUT2D eigenvalue weighted by atomic mass is 10.1. The number of pyridine rings is 1. The number of ether oxygens (including phenoxy) is 1. The van der Waals surface area contributed by atoms with Crippen molar-refractivity contribution in [3.05, 3.63) is 88.2 Å². The van der Waals surface area contributed by atoms with Gasteiger partial charge in [0.1, 0.15) is 17.3 Å². The molecule has 1 aromatic heterocycles. The van der Waals surface area contributed by atoms with E-state index in [0.29, 0.717) is 16.5 Å². The smallest absolute Gasteiger partial charge is 0.328 e. The summed E-state index contributed by atoms with van der Waals surface area (Å²) in [6.07, 6.45) is 5.45. The lowest BCUT2D eigenvalue weighted by molar-refractivity contribution is -0.131. The molecular weight excluding hydrogens is 500 g/mol. The van der Waals surface area contributed by atoms with Crippen molar-refractivity contribution in [1.29, 1.82) is 0 Å². The Morgan fingerprint density at radius 2 is 1.92 bits per heavy atom. The molecule has 0 atom stereocenters. The molecule has 190 valence electrons. The van der Waals surface area contributed by atoms with Gasteiger partial charge in [-0.05, 0) is 72.4 Å². The highest BCUT2D eigenvalue weighted by Crippen LogP contribution is 2.38. The first-order chi connectivity index (χ1) is 17.0. The molecule has 0 spiro atoms. The molecule has 0 aliphatic heterocycles. The zero-order valence-corrected chi connectivity index (χ0v) is 22.2. The third-order valence-corrected chi connectivity index (χ3v) is 7.60. The first kappa shape index (κ1) is 27.2. The molecule has 2 aromatic carbocycles. The maximum Gasteiger partial charge on any atom is 0.328 e. The number of aliphatic carboxylic acids is 1. The van der Waals surface area contributed by atoms with Crippen LogP contribution in [0.4, 0.5) is 5.69 Å². The van der Waals surface area contributed by atoms with Crippen LogP contribution in [0.5, 0.6) is 5.75 Å². The molecule has 0 aliphatic carbocycles. The first-order valence-corrected chi connectivity index (χ1v) is 13.2. The van der Waals surface area contributed by atoms with Crippen molar-refractivity contribution < 1.29 is 23.1 Å². The lowest BCUT2D eigenvalue weighted by Gasteiger charge is -2.28. The number of hydrogen-bond donors (Lipinski definition) is 1. The maximum atomic E-state index is 13.6. The van der Waals surface area contributed by atoms with E-state index in [1.807, 2.05) is 39.8 Å². The molecule has 0 saturated carbocycles. The number of rotatable bonds is 10. The molecule has 0 radical (unpaired) electrons. The summed E-state index contributed by atoms with van der Waals surface area (Å²) in [6.45, 7) is 8.01. The van der Waals surface area contributed by atoms with Gasteiger partial charge in [0.2, 0.25) is 0 Å². The van der Waals surface area contributed by atoms with Crippen LogP contribution in [0.25, 0.3) is 6.08 Å². The van der Waals surface area contributed by atoms with E-state index in [1.165, 1.54) is 28.8 Å². The zero-order valence-electron chi connectivity index (χ0n) is 20.6. The minimum Gasteiger partial charge on any atom is -0.487 e. The largest absolute Gasteiger partial charge is 0.487 e. The van der Waals surface area contributed by atoms with E-state index < -0.39 is 16.0 Å². The highest BCUT2D eigenvalue weighted by Gasteiger charge is 2.29. The number of halogens is 1. The van der Waals surface area contributed by atoms with Gasteiger partial charge in [-0.2, -0.15) is 0 Å². The molecule has 7 nitrogen and oxygen atoms in total. The van der Waals surface area contributed by atoms with Gasteiger partial charge in [0, 0.05) is 30.0 Å². The zero-order chi connectivity index (χ0) is 26.5. The molecule has 0 fully saturated rings. The van der Waals surface area contributed by atoms with Crippen molar-refractivity contribution in [2.75, 3.05) is 10.8 Å². The minimum atomic E-state index is -3.93. The van der Waals surface area contributed by atoms with E-state index in [4.69, 9.17) is 21.4 Å². The van der Waals surface area contributed by atoms with Crippen LogP contribution in [0.1, 0.15) is 36.1 Å². The monoisotopic (exact) mass is 528 g/mol. The van der Waals surface area contributed by atoms with Crippen molar-refractivity contribution in [2.45, 2.75) is 39.2 Å². The highest BCUT2D eigenvalue weighted by molar-refractivity contribution is 7.92. The Morgan fingerprint density at radius 3 is 2.53 bits per heavy atom. The van der Waals surface area contributed by atoms with E-state index in [9.17, 15) is 13.2 Å².